The van der Waals surface area contributed by atoms with Gasteiger partial charge in [0.05, 0.1) is 4.92 Å². The summed E-state index contributed by atoms with van der Waals surface area (Å²) < 4.78 is 4.95. The van der Waals surface area contributed by atoms with Crippen molar-refractivity contribution in [2.24, 2.45) is 0 Å². The Kier molecular flexibility index (Phi) is 7.33. The van der Waals surface area contributed by atoms with Crippen LogP contribution in [0, 0.1) is 10.1 Å². The normalized spacial score (nSPS) is 19.0. The lowest BCUT2D eigenvalue weighted by molar-refractivity contribution is -0.384. The molecule has 0 bridgehead atoms. The molecule has 28 heavy (non-hydrogen) atoms. The van der Waals surface area contributed by atoms with Gasteiger partial charge in [0.2, 0.25) is 0 Å². The number of esters is 1. The van der Waals surface area contributed by atoms with Crippen LogP contribution in [-0.4, -0.2) is 52.8 Å². The van der Waals surface area contributed by atoms with Crippen LogP contribution in [0.5, 0.6) is 0 Å². The second-order valence-corrected chi connectivity index (χ2v) is 7.10. The minimum Gasteiger partial charge on any atom is -0.454 e. The van der Waals surface area contributed by atoms with Gasteiger partial charge in [0, 0.05) is 23.7 Å². The van der Waals surface area contributed by atoms with Gasteiger partial charge in [0.15, 0.2) is 6.61 Å². The first-order chi connectivity index (χ1) is 13.2. The van der Waals surface area contributed by atoms with E-state index in [9.17, 15) is 24.5 Å². The third kappa shape index (κ3) is 5.41. The molecule has 0 radical (unpaired) electrons. The molecule has 2 atom stereocenters. The van der Waals surface area contributed by atoms with E-state index in [1.807, 2.05) is 13.8 Å². The van der Waals surface area contributed by atoms with Gasteiger partial charge in [-0.25, -0.2) is 0 Å². The summed E-state index contributed by atoms with van der Waals surface area (Å²) in [6.07, 6.45) is 2.88. The fourth-order valence-corrected chi connectivity index (χ4v) is 3.42. The SMILES string of the molecule is CC1CCCC(C)N1C(=O)COC(=O)CNC(=O)c1ccc(Cl)c([N+](=O)[O-])c1. The van der Waals surface area contributed by atoms with E-state index in [0.29, 0.717) is 0 Å². The lowest BCUT2D eigenvalue weighted by Gasteiger charge is -2.38. The predicted octanol–water partition coefficient (Wildman–Crippen LogP) is 2.31. The number of amides is 2. The van der Waals surface area contributed by atoms with Crippen LogP contribution >= 0.6 is 11.6 Å². The zero-order valence-electron chi connectivity index (χ0n) is 15.6. The first kappa shape index (κ1) is 21.6. The number of rotatable bonds is 6. The number of hydrogen-bond donors (Lipinski definition) is 1. The fourth-order valence-electron chi connectivity index (χ4n) is 3.23. The number of carbonyl (C=O) groups is 3. The minimum absolute atomic E-state index is 0.0176. The Labute approximate surface area is 167 Å². The zero-order valence-corrected chi connectivity index (χ0v) is 16.4. The summed E-state index contributed by atoms with van der Waals surface area (Å²) in [6.45, 7) is 3.06. The molecular weight excluding hydrogens is 390 g/mol. The molecule has 1 saturated heterocycles. The topological polar surface area (TPSA) is 119 Å². The van der Waals surface area contributed by atoms with Crippen LogP contribution in [0.3, 0.4) is 0 Å². The molecule has 1 aromatic rings. The van der Waals surface area contributed by atoms with Gasteiger partial charge in [-0.3, -0.25) is 24.5 Å². The second kappa shape index (κ2) is 9.50. The van der Waals surface area contributed by atoms with Gasteiger partial charge >= 0.3 is 5.97 Å². The highest BCUT2D eigenvalue weighted by atomic mass is 35.5. The van der Waals surface area contributed by atoms with Crippen molar-refractivity contribution >= 4 is 35.1 Å². The Hall–Kier alpha value is -2.68. The van der Waals surface area contributed by atoms with E-state index in [4.69, 9.17) is 16.3 Å². The zero-order chi connectivity index (χ0) is 20.8. The summed E-state index contributed by atoms with van der Waals surface area (Å²) in [6, 6.07) is 3.74. The van der Waals surface area contributed by atoms with Gasteiger partial charge in [-0.05, 0) is 45.2 Å². The number of hydrogen-bond acceptors (Lipinski definition) is 6. The van der Waals surface area contributed by atoms with Crippen molar-refractivity contribution in [2.75, 3.05) is 13.2 Å². The van der Waals surface area contributed by atoms with Gasteiger partial charge < -0.3 is 15.0 Å². The third-order valence-corrected chi connectivity index (χ3v) is 4.96. The Balaban J connectivity index is 1.84. The van der Waals surface area contributed by atoms with E-state index in [-0.39, 0.29) is 28.6 Å². The Bertz CT molecular complexity index is 775. The molecule has 2 rings (SSSR count). The number of nitrogens with zero attached hydrogens (tertiary/aromatic N) is 2. The van der Waals surface area contributed by atoms with Gasteiger partial charge in [-0.2, -0.15) is 0 Å². The summed E-state index contributed by atoms with van der Waals surface area (Å²) in [5.74, 6) is -1.74. The molecule has 2 amide bonds. The fraction of sp³-hybridized carbons (Fsp3) is 0.500. The molecule has 1 aromatic carbocycles. The van der Waals surface area contributed by atoms with Gasteiger partial charge in [0.25, 0.3) is 17.5 Å². The highest BCUT2D eigenvalue weighted by Gasteiger charge is 2.29. The van der Waals surface area contributed by atoms with Crippen molar-refractivity contribution in [3.8, 4) is 0 Å². The monoisotopic (exact) mass is 411 g/mol. The van der Waals surface area contributed by atoms with Crippen LogP contribution in [0.15, 0.2) is 18.2 Å². The largest absolute Gasteiger partial charge is 0.454 e. The van der Waals surface area contributed by atoms with E-state index >= 15 is 0 Å². The summed E-state index contributed by atoms with van der Waals surface area (Å²) in [5, 5.41) is 13.1. The molecule has 1 N–H and O–H groups in total. The molecule has 152 valence electrons. The third-order valence-electron chi connectivity index (χ3n) is 4.64. The number of carbonyl (C=O) groups excluding carboxylic acids is 3. The lowest BCUT2D eigenvalue weighted by atomic mass is 9.97. The smallest absolute Gasteiger partial charge is 0.325 e. The van der Waals surface area contributed by atoms with Crippen molar-refractivity contribution in [1.82, 2.24) is 10.2 Å². The molecule has 1 heterocycles. The summed E-state index contributed by atoms with van der Waals surface area (Å²) >= 11 is 5.70. The average Bonchev–Trinajstić information content (AvgIpc) is 2.64. The number of halogens is 1. The first-order valence-corrected chi connectivity index (χ1v) is 9.27. The van der Waals surface area contributed by atoms with E-state index in [1.165, 1.54) is 12.1 Å². The van der Waals surface area contributed by atoms with Crippen molar-refractivity contribution in [2.45, 2.75) is 45.2 Å². The second-order valence-electron chi connectivity index (χ2n) is 6.70. The van der Waals surface area contributed by atoms with E-state index in [1.54, 1.807) is 4.90 Å². The van der Waals surface area contributed by atoms with Crippen LogP contribution in [0.4, 0.5) is 5.69 Å². The number of nitro benzene ring substituents is 1. The standard InChI is InChI=1S/C18H22ClN3O6/c1-11-4-3-5-12(2)21(11)16(23)10-28-17(24)9-20-18(25)13-6-7-14(19)15(8-13)22(26)27/h6-8,11-12H,3-5,9-10H2,1-2H3,(H,20,25). The van der Waals surface area contributed by atoms with Gasteiger partial charge in [0.1, 0.15) is 11.6 Å². The molecule has 1 fully saturated rings. The van der Waals surface area contributed by atoms with Gasteiger partial charge in [-0.1, -0.05) is 11.6 Å². The predicted molar refractivity (Wildman–Crippen MR) is 101 cm³/mol. The molecule has 0 aromatic heterocycles. The minimum atomic E-state index is -0.775. The first-order valence-electron chi connectivity index (χ1n) is 8.89. The van der Waals surface area contributed by atoms with Gasteiger partial charge in [-0.15, -0.1) is 0 Å². The maximum Gasteiger partial charge on any atom is 0.325 e. The van der Waals surface area contributed by atoms with E-state index in [2.05, 4.69) is 5.32 Å². The molecular formula is C18H22ClN3O6. The molecule has 0 saturated carbocycles. The summed E-state index contributed by atoms with van der Waals surface area (Å²) in [5.41, 5.74) is -0.428. The van der Waals surface area contributed by atoms with Crippen molar-refractivity contribution < 1.29 is 24.0 Å². The highest BCUT2D eigenvalue weighted by Crippen LogP contribution is 2.25. The molecule has 9 nitrogen and oxygen atoms in total. The summed E-state index contributed by atoms with van der Waals surface area (Å²) in [4.78, 5) is 48.1. The Morgan fingerprint density at radius 1 is 1.29 bits per heavy atom. The highest BCUT2D eigenvalue weighted by molar-refractivity contribution is 6.32. The van der Waals surface area contributed by atoms with Crippen LogP contribution in [0.1, 0.15) is 43.5 Å². The average molecular weight is 412 g/mol. The Morgan fingerprint density at radius 3 is 2.54 bits per heavy atom. The molecule has 1 aliphatic heterocycles. The number of benzene rings is 1. The molecule has 1 aliphatic rings. The number of nitrogens with one attached hydrogen (secondary N) is 1. The van der Waals surface area contributed by atoms with Crippen LogP contribution in [0.2, 0.25) is 5.02 Å². The van der Waals surface area contributed by atoms with Crippen molar-refractivity contribution in [3.05, 3.63) is 38.9 Å². The van der Waals surface area contributed by atoms with Crippen molar-refractivity contribution in [3.63, 3.8) is 0 Å². The van der Waals surface area contributed by atoms with Crippen LogP contribution in [0.25, 0.3) is 0 Å². The van der Waals surface area contributed by atoms with Crippen LogP contribution in [-0.2, 0) is 14.3 Å². The molecule has 0 aliphatic carbocycles. The summed E-state index contributed by atoms with van der Waals surface area (Å²) in [7, 11) is 0. The Morgan fingerprint density at radius 2 is 1.93 bits per heavy atom. The molecule has 2 unspecified atom stereocenters. The van der Waals surface area contributed by atoms with Crippen molar-refractivity contribution in [1.29, 1.82) is 0 Å². The number of nitro groups is 1. The number of piperidine rings is 1. The van der Waals surface area contributed by atoms with E-state index in [0.717, 1.165) is 25.3 Å². The molecule has 10 heteroatoms. The molecule has 0 spiro atoms. The van der Waals surface area contributed by atoms with E-state index < -0.39 is 35.6 Å². The number of likely N-dealkylation sites (tertiary alicyclic amines) is 1. The number of ether oxygens (including phenoxy) is 1. The maximum absolute atomic E-state index is 12.3. The lowest BCUT2D eigenvalue weighted by Crippen LogP contribution is -2.49. The quantitative estimate of drug-likeness (QED) is 0.436. The van der Waals surface area contributed by atoms with Crippen LogP contribution < -0.4 is 5.32 Å². The maximum atomic E-state index is 12.3.